The molecule has 0 bridgehead atoms. The lowest BCUT2D eigenvalue weighted by Gasteiger charge is -2.14. The lowest BCUT2D eigenvalue weighted by atomic mass is 9.91. The van der Waals surface area contributed by atoms with Crippen LogP contribution in [0.3, 0.4) is 0 Å². The van der Waals surface area contributed by atoms with Crippen LogP contribution in [0.25, 0.3) is 31.3 Å². The van der Waals surface area contributed by atoms with Crippen LogP contribution in [0.2, 0.25) is 0 Å². The number of rotatable bonds is 3. The van der Waals surface area contributed by atoms with Crippen molar-refractivity contribution in [2.75, 3.05) is 0 Å². The van der Waals surface area contributed by atoms with E-state index in [0.29, 0.717) is 5.92 Å². The molecule has 1 aromatic heterocycles. The van der Waals surface area contributed by atoms with Crippen LogP contribution < -0.4 is 0 Å². The van der Waals surface area contributed by atoms with Gasteiger partial charge in [-0.1, -0.05) is 85.8 Å². The van der Waals surface area contributed by atoms with Crippen molar-refractivity contribution in [3.8, 4) is 11.1 Å². The summed E-state index contributed by atoms with van der Waals surface area (Å²) in [7, 11) is 0. The molecule has 0 nitrogen and oxygen atoms in total. The summed E-state index contributed by atoms with van der Waals surface area (Å²) in [6.45, 7) is 2.30. The molecule has 4 aromatic carbocycles. The summed E-state index contributed by atoms with van der Waals surface area (Å²) in [5, 5.41) is 2.74. The van der Waals surface area contributed by atoms with Gasteiger partial charge in [-0.2, -0.15) is 0 Å². The fourth-order valence-electron chi connectivity index (χ4n) is 3.80. The third-order valence-electron chi connectivity index (χ3n) is 5.42. The molecule has 0 spiro atoms. The summed E-state index contributed by atoms with van der Waals surface area (Å²) in [4.78, 5) is 0. The van der Waals surface area contributed by atoms with Gasteiger partial charge in [0.15, 0.2) is 0 Å². The molecule has 0 radical (unpaired) electrons. The monoisotopic (exact) mass is 364 g/mol. The normalized spacial score (nSPS) is 12.5. The molecule has 1 unspecified atom stereocenters. The lowest BCUT2D eigenvalue weighted by molar-refractivity contribution is 0.925. The van der Waals surface area contributed by atoms with Gasteiger partial charge in [0.2, 0.25) is 0 Å². The molecule has 130 valence electrons. The van der Waals surface area contributed by atoms with Crippen LogP contribution in [0.1, 0.15) is 24.0 Å². The number of hydrogen-bond acceptors (Lipinski definition) is 1. The topological polar surface area (TPSA) is 0 Å². The van der Waals surface area contributed by atoms with Gasteiger partial charge in [0.25, 0.3) is 0 Å². The van der Waals surface area contributed by atoms with Crippen molar-refractivity contribution >= 4 is 31.5 Å². The van der Waals surface area contributed by atoms with Crippen molar-refractivity contribution in [3.05, 3.63) is 108 Å². The largest absolute Gasteiger partial charge is 0.135 e. The predicted molar refractivity (Wildman–Crippen MR) is 119 cm³/mol. The molecular formula is C26H20S. The Kier molecular flexibility index (Phi) is 4.03. The molecule has 1 heteroatoms. The number of fused-ring (bicyclic) bond motifs is 3. The SMILES string of the molecule is CC(c1ccc(-c2ccccc2)cc1)c1ccc2sc3ccccc3c2c1. The van der Waals surface area contributed by atoms with E-state index in [1.165, 1.54) is 42.4 Å². The Morgan fingerprint density at radius 2 is 1.19 bits per heavy atom. The summed E-state index contributed by atoms with van der Waals surface area (Å²) in [5.74, 6) is 0.373. The lowest BCUT2D eigenvalue weighted by Crippen LogP contribution is -1.95. The molecule has 0 fully saturated rings. The molecule has 0 aliphatic carbocycles. The highest BCUT2D eigenvalue weighted by Crippen LogP contribution is 2.36. The predicted octanol–water partition coefficient (Wildman–Crippen LogP) is 7.87. The van der Waals surface area contributed by atoms with Crippen LogP contribution in [0.15, 0.2) is 97.1 Å². The quantitative estimate of drug-likeness (QED) is 0.305. The molecule has 27 heavy (non-hydrogen) atoms. The maximum Gasteiger partial charge on any atom is 0.0355 e. The van der Waals surface area contributed by atoms with E-state index in [4.69, 9.17) is 0 Å². The van der Waals surface area contributed by atoms with Crippen LogP contribution in [-0.4, -0.2) is 0 Å². The highest BCUT2D eigenvalue weighted by Gasteiger charge is 2.12. The van der Waals surface area contributed by atoms with Gasteiger partial charge in [0.05, 0.1) is 0 Å². The molecule has 0 N–H and O–H groups in total. The van der Waals surface area contributed by atoms with Crippen molar-refractivity contribution in [1.82, 2.24) is 0 Å². The van der Waals surface area contributed by atoms with Crippen molar-refractivity contribution in [1.29, 1.82) is 0 Å². The molecule has 1 heterocycles. The molecule has 5 aromatic rings. The molecule has 0 saturated heterocycles. The second-order valence-electron chi connectivity index (χ2n) is 7.06. The van der Waals surface area contributed by atoms with E-state index >= 15 is 0 Å². The van der Waals surface area contributed by atoms with Crippen molar-refractivity contribution in [2.24, 2.45) is 0 Å². The Balaban J connectivity index is 1.51. The minimum Gasteiger partial charge on any atom is -0.135 e. The van der Waals surface area contributed by atoms with Gasteiger partial charge < -0.3 is 0 Å². The Hall–Kier alpha value is -2.90. The first-order valence-electron chi connectivity index (χ1n) is 9.36. The van der Waals surface area contributed by atoms with Crippen LogP contribution in [0, 0.1) is 0 Å². The minimum absolute atomic E-state index is 0.373. The average Bonchev–Trinajstić information content (AvgIpc) is 3.12. The summed E-state index contributed by atoms with van der Waals surface area (Å²) >= 11 is 1.88. The molecule has 0 amide bonds. The smallest absolute Gasteiger partial charge is 0.0355 e. The first kappa shape index (κ1) is 16.3. The standard InChI is InChI=1S/C26H20S/c1-18(19-11-13-21(14-12-19)20-7-3-2-4-8-20)22-15-16-26-24(17-22)23-9-5-6-10-25(23)27-26/h2-18H,1H3. The Labute approximate surface area is 163 Å². The third-order valence-corrected chi connectivity index (χ3v) is 6.57. The van der Waals surface area contributed by atoms with E-state index in [2.05, 4.69) is 104 Å². The van der Waals surface area contributed by atoms with Gasteiger partial charge >= 0.3 is 0 Å². The van der Waals surface area contributed by atoms with E-state index in [1.807, 2.05) is 11.3 Å². The van der Waals surface area contributed by atoms with E-state index in [-0.39, 0.29) is 0 Å². The second-order valence-corrected chi connectivity index (χ2v) is 8.15. The second kappa shape index (κ2) is 6.68. The maximum absolute atomic E-state index is 2.38. The zero-order valence-corrected chi connectivity index (χ0v) is 16.0. The highest BCUT2D eigenvalue weighted by atomic mass is 32.1. The van der Waals surface area contributed by atoms with E-state index in [0.717, 1.165) is 0 Å². The molecule has 5 rings (SSSR count). The average molecular weight is 365 g/mol. The summed E-state index contributed by atoms with van der Waals surface area (Å²) in [5.41, 5.74) is 5.26. The number of benzene rings is 4. The minimum atomic E-state index is 0.373. The van der Waals surface area contributed by atoms with Crippen molar-refractivity contribution in [2.45, 2.75) is 12.8 Å². The third kappa shape index (κ3) is 2.94. The van der Waals surface area contributed by atoms with Gasteiger partial charge in [-0.3, -0.25) is 0 Å². The number of thiophene rings is 1. The maximum atomic E-state index is 2.38. The van der Waals surface area contributed by atoms with Gasteiger partial charge in [0.1, 0.15) is 0 Å². The summed E-state index contributed by atoms with van der Waals surface area (Å²) in [6.07, 6.45) is 0. The highest BCUT2D eigenvalue weighted by molar-refractivity contribution is 7.25. The Morgan fingerprint density at radius 3 is 2.00 bits per heavy atom. The molecular weight excluding hydrogens is 344 g/mol. The van der Waals surface area contributed by atoms with Gasteiger partial charge in [-0.05, 0) is 40.5 Å². The molecule has 0 aliphatic heterocycles. The fraction of sp³-hybridized carbons (Fsp3) is 0.0769. The van der Waals surface area contributed by atoms with E-state index in [9.17, 15) is 0 Å². The number of hydrogen-bond donors (Lipinski definition) is 0. The van der Waals surface area contributed by atoms with E-state index in [1.54, 1.807) is 0 Å². The zero-order valence-electron chi connectivity index (χ0n) is 15.2. The summed E-state index contributed by atoms with van der Waals surface area (Å²) < 4.78 is 2.73. The van der Waals surface area contributed by atoms with Crippen LogP contribution in [0.4, 0.5) is 0 Å². The van der Waals surface area contributed by atoms with E-state index < -0.39 is 0 Å². The van der Waals surface area contributed by atoms with Crippen molar-refractivity contribution in [3.63, 3.8) is 0 Å². The van der Waals surface area contributed by atoms with Gasteiger partial charge in [0, 0.05) is 26.1 Å². The van der Waals surface area contributed by atoms with Crippen LogP contribution in [-0.2, 0) is 0 Å². The first-order valence-corrected chi connectivity index (χ1v) is 10.2. The van der Waals surface area contributed by atoms with Gasteiger partial charge in [-0.25, -0.2) is 0 Å². The fourth-order valence-corrected chi connectivity index (χ4v) is 4.89. The molecule has 0 saturated carbocycles. The molecule has 0 aliphatic rings. The van der Waals surface area contributed by atoms with Crippen molar-refractivity contribution < 1.29 is 0 Å². The first-order chi connectivity index (χ1) is 13.3. The van der Waals surface area contributed by atoms with Crippen LogP contribution in [0.5, 0.6) is 0 Å². The zero-order chi connectivity index (χ0) is 18.2. The van der Waals surface area contributed by atoms with Gasteiger partial charge in [-0.15, -0.1) is 11.3 Å². The summed E-state index contributed by atoms with van der Waals surface area (Å²) in [6, 6.07) is 35.2. The Bertz CT molecular complexity index is 1210. The van der Waals surface area contributed by atoms with Crippen LogP contribution >= 0.6 is 11.3 Å². The Morgan fingerprint density at radius 1 is 0.556 bits per heavy atom. The molecule has 1 atom stereocenters.